The van der Waals surface area contributed by atoms with Crippen LogP contribution in [-0.4, -0.2) is 21.9 Å². The number of pyridine rings is 2. The zero-order valence-corrected chi connectivity index (χ0v) is 12.8. The molecule has 0 atom stereocenters. The molecule has 3 aromatic rings. The number of nitro groups is 1. The van der Waals surface area contributed by atoms with Crippen molar-refractivity contribution in [1.29, 1.82) is 0 Å². The molecule has 0 bridgehead atoms. The highest BCUT2D eigenvalue weighted by Gasteiger charge is 2.16. The highest BCUT2D eigenvalue weighted by atomic mass is 16.6. The number of ether oxygens (including phenoxy) is 1. The van der Waals surface area contributed by atoms with E-state index in [0.717, 1.165) is 11.1 Å². The fourth-order valence-corrected chi connectivity index (χ4v) is 2.25. The summed E-state index contributed by atoms with van der Waals surface area (Å²) in [5.41, 5.74) is 1.66. The molecule has 2 aromatic heterocycles. The molecule has 24 heavy (non-hydrogen) atoms. The van der Waals surface area contributed by atoms with Gasteiger partial charge < -0.3 is 10.1 Å². The Hall–Kier alpha value is -3.48. The van der Waals surface area contributed by atoms with E-state index in [2.05, 4.69) is 15.3 Å². The summed E-state index contributed by atoms with van der Waals surface area (Å²) in [6.45, 7) is 0. The second kappa shape index (κ2) is 6.74. The van der Waals surface area contributed by atoms with E-state index in [9.17, 15) is 10.1 Å². The van der Waals surface area contributed by atoms with Crippen molar-refractivity contribution in [2.45, 2.75) is 0 Å². The molecule has 7 nitrogen and oxygen atoms in total. The van der Waals surface area contributed by atoms with Gasteiger partial charge in [0.15, 0.2) is 0 Å². The molecule has 3 rings (SSSR count). The predicted octanol–water partition coefficient (Wildman–Crippen LogP) is 3.89. The lowest BCUT2D eigenvalue weighted by Crippen LogP contribution is -2.00. The third-order valence-corrected chi connectivity index (χ3v) is 3.36. The average Bonchev–Trinajstić information content (AvgIpc) is 2.62. The lowest BCUT2D eigenvalue weighted by molar-refractivity contribution is -0.384. The van der Waals surface area contributed by atoms with E-state index in [1.807, 2.05) is 36.4 Å². The molecule has 0 fully saturated rings. The molecule has 0 saturated heterocycles. The van der Waals surface area contributed by atoms with Gasteiger partial charge in [0, 0.05) is 42.7 Å². The fraction of sp³-hybridized carbons (Fsp3) is 0.0588. The Morgan fingerprint density at radius 3 is 2.67 bits per heavy atom. The first kappa shape index (κ1) is 15.4. The molecule has 0 aliphatic carbocycles. The first-order valence-corrected chi connectivity index (χ1v) is 7.19. The van der Waals surface area contributed by atoms with E-state index in [-0.39, 0.29) is 17.4 Å². The van der Waals surface area contributed by atoms with Gasteiger partial charge in [-0.25, -0.2) is 0 Å². The van der Waals surface area contributed by atoms with E-state index in [1.54, 1.807) is 19.4 Å². The van der Waals surface area contributed by atoms with Gasteiger partial charge in [-0.1, -0.05) is 24.3 Å². The molecule has 0 aliphatic rings. The van der Waals surface area contributed by atoms with Crippen LogP contribution in [0.25, 0.3) is 11.1 Å². The number of nitrogens with zero attached hydrogens (tertiary/aromatic N) is 3. The van der Waals surface area contributed by atoms with Crippen molar-refractivity contribution in [2.24, 2.45) is 0 Å². The molecular formula is C17H14N4O3. The van der Waals surface area contributed by atoms with Crippen LogP contribution in [0.1, 0.15) is 0 Å². The first-order valence-electron chi connectivity index (χ1n) is 7.19. The average molecular weight is 322 g/mol. The maximum atomic E-state index is 11.0. The van der Waals surface area contributed by atoms with Gasteiger partial charge in [0.25, 0.3) is 0 Å². The predicted molar refractivity (Wildman–Crippen MR) is 90.2 cm³/mol. The van der Waals surface area contributed by atoms with Crippen LogP contribution in [0, 0.1) is 10.1 Å². The lowest BCUT2D eigenvalue weighted by atomic mass is 10.1. The van der Waals surface area contributed by atoms with Crippen molar-refractivity contribution in [2.75, 3.05) is 12.4 Å². The Morgan fingerprint density at radius 1 is 1.12 bits per heavy atom. The summed E-state index contributed by atoms with van der Waals surface area (Å²) in [5.74, 6) is 1.01. The summed E-state index contributed by atoms with van der Waals surface area (Å²) in [6, 6.07) is 14.1. The third kappa shape index (κ3) is 3.14. The largest absolute Gasteiger partial charge is 0.438 e. The molecule has 1 aromatic carbocycles. The van der Waals surface area contributed by atoms with Crippen LogP contribution in [0.2, 0.25) is 0 Å². The summed E-state index contributed by atoms with van der Waals surface area (Å²) < 4.78 is 5.84. The maximum Gasteiger partial charge on any atom is 0.311 e. The molecule has 0 radical (unpaired) electrons. The number of anilines is 1. The molecule has 0 amide bonds. The Morgan fingerprint density at radius 2 is 1.96 bits per heavy atom. The Bertz CT molecular complexity index is 869. The first-order chi connectivity index (χ1) is 11.7. The van der Waals surface area contributed by atoms with E-state index in [0.29, 0.717) is 5.75 Å². The molecule has 1 N–H and O–H groups in total. The molecule has 120 valence electrons. The lowest BCUT2D eigenvalue weighted by Gasteiger charge is -2.11. The smallest absolute Gasteiger partial charge is 0.311 e. The Labute approximate surface area is 138 Å². The van der Waals surface area contributed by atoms with E-state index in [4.69, 9.17) is 4.74 Å². The number of hydrogen-bond donors (Lipinski definition) is 1. The normalized spacial score (nSPS) is 10.2. The van der Waals surface area contributed by atoms with Crippen molar-refractivity contribution >= 4 is 11.5 Å². The van der Waals surface area contributed by atoms with Crippen LogP contribution in [0.4, 0.5) is 11.5 Å². The fourth-order valence-electron chi connectivity index (χ4n) is 2.25. The van der Waals surface area contributed by atoms with Gasteiger partial charge in [0.05, 0.1) is 4.92 Å². The van der Waals surface area contributed by atoms with Crippen LogP contribution in [-0.2, 0) is 0 Å². The van der Waals surface area contributed by atoms with Crippen molar-refractivity contribution in [3.05, 3.63) is 71.0 Å². The summed E-state index contributed by atoms with van der Waals surface area (Å²) in [4.78, 5) is 18.7. The minimum absolute atomic E-state index is 0.106. The van der Waals surface area contributed by atoms with Gasteiger partial charge in [-0.3, -0.25) is 15.1 Å². The molecule has 0 spiro atoms. The maximum absolute atomic E-state index is 11.0. The zero-order valence-electron chi connectivity index (χ0n) is 12.8. The van der Waals surface area contributed by atoms with Gasteiger partial charge in [-0.05, 0) is 12.1 Å². The summed E-state index contributed by atoms with van der Waals surface area (Å²) in [6.07, 6.45) is 3.44. The number of benzene rings is 1. The van der Waals surface area contributed by atoms with Gasteiger partial charge in [0.2, 0.25) is 11.7 Å². The molecule has 0 aliphatic heterocycles. The molecular weight excluding hydrogens is 308 g/mol. The Kier molecular flexibility index (Phi) is 4.33. The number of para-hydroxylation sites is 1. The molecule has 0 unspecified atom stereocenters. The highest BCUT2D eigenvalue weighted by Crippen LogP contribution is 2.33. The molecule has 7 heteroatoms. The van der Waals surface area contributed by atoms with Gasteiger partial charge in [-0.15, -0.1) is 0 Å². The summed E-state index contributed by atoms with van der Waals surface area (Å²) in [5, 5.41) is 13.7. The van der Waals surface area contributed by atoms with Crippen molar-refractivity contribution < 1.29 is 9.66 Å². The zero-order chi connectivity index (χ0) is 16.9. The summed E-state index contributed by atoms with van der Waals surface area (Å²) >= 11 is 0. The topological polar surface area (TPSA) is 90.2 Å². The van der Waals surface area contributed by atoms with Gasteiger partial charge >= 0.3 is 5.69 Å². The van der Waals surface area contributed by atoms with Gasteiger partial charge in [0.1, 0.15) is 5.75 Å². The van der Waals surface area contributed by atoms with Crippen molar-refractivity contribution in [3.63, 3.8) is 0 Å². The molecule has 0 saturated carbocycles. The minimum atomic E-state index is -0.494. The number of aromatic nitrogens is 2. The standard InChI is InChI=1S/C17H14N4O3/c1-18-17-14(21(22)23)8-9-16(20-17)24-15-7-3-2-6-13(15)12-5-4-10-19-11-12/h2-11H,1H3,(H,18,20). The van der Waals surface area contributed by atoms with Gasteiger partial charge in [-0.2, -0.15) is 4.98 Å². The van der Waals surface area contributed by atoms with Crippen LogP contribution in [0.5, 0.6) is 11.6 Å². The quantitative estimate of drug-likeness (QED) is 0.566. The SMILES string of the molecule is CNc1nc(Oc2ccccc2-c2cccnc2)ccc1[N+](=O)[O-]. The number of hydrogen-bond acceptors (Lipinski definition) is 6. The van der Waals surface area contributed by atoms with Crippen LogP contribution < -0.4 is 10.1 Å². The van der Waals surface area contributed by atoms with Crippen LogP contribution in [0.15, 0.2) is 60.9 Å². The highest BCUT2D eigenvalue weighted by molar-refractivity contribution is 5.70. The van der Waals surface area contributed by atoms with Crippen LogP contribution >= 0.6 is 0 Å². The second-order valence-electron chi connectivity index (χ2n) is 4.86. The molecule has 2 heterocycles. The van der Waals surface area contributed by atoms with Crippen LogP contribution in [0.3, 0.4) is 0 Å². The second-order valence-corrected chi connectivity index (χ2v) is 4.86. The Balaban J connectivity index is 1.97. The summed E-state index contributed by atoms with van der Waals surface area (Å²) in [7, 11) is 1.57. The minimum Gasteiger partial charge on any atom is -0.438 e. The van der Waals surface area contributed by atoms with E-state index < -0.39 is 4.92 Å². The monoisotopic (exact) mass is 322 g/mol. The van der Waals surface area contributed by atoms with E-state index in [1.165, 1.54) is 12.1 Å². The van der Waals surface area contributed by atoms with E-state index >= 15 is 0 Å². The number of nitrogens with one attached hydrogen (secondary N) is 1. The third-order valence-electron chi connectivity index (χ3n) is 3.36. The van der Waals surface area contributed by atoms with Crippen molar-refractivity contribution in [1.82, 2.24) is 9.97 Å². The number of rotatable bonds is 5. The van der Waals surface area contributed by atoms with Crippen molar-refractivity contribution in [3.8, 4) is 22.8 Å².